The molecule has 2 unspecified atom stereocenters. The Bertz CT molecular complexity index is 2840. The van der Waals surface area contributed by atoms with Crippen molar-refractivity contribution in [1.29, 1.82) is 0 Å². The van der Waals surface area contributed by atoms with Gasteiger partial charge in [-0.1, -0.05) is 140 Å². The highest BCUT2D eigenvalue weighted by Crippen LogP contribution is 2.41. The summed E-state index contributed by atoms with van der Waals surface area (Å²) in [5.74, 6) is 0.821. The fourth-order valence-electron chi connectivity index (χ4n) is 7.80. The standard InChI is InChI=1S/C47H32N2O/c1-29-44(32-13-3-2-4-14-32)48-47(49-45(29)36-22-20-31-12-6-8-16-34(31)26-36)37-23-24-39-42-28-41(35-21-19-30-11-5-7-15-33(30)25-35)38-17-9-10-18-40(38)46(42)50-43(39)27-37/h2-29,44H,1H3. The molecule has 8 aromatic carbocycles. The Kier molecular flexibility index (Phi) is 6.53. The maximum atomic E-state index is 6.75. The fraction of sp³-hybridized carbons (Fsp3) is 0.0638. The first kappa shape index (κ1) is 28.7. The van der Waals surface area contributed by atoms with Crippen molar-refractivity contribution >= 4 is 65.8 Å². The van der Waals surface area contributed by atoms with Crippen molar-refractivity contribution in [3.05, 3.63) is 180 Å². The quantitative estimate of drug-likeness (QED) is 0.189. The van der Waals surface area contributed by atoms with Crippen LogP contribution < -0.4 is 0 Å². The summed E-state index contributed by atoms with van der Waals surface area (Å²) in [6.07, 6.45) is 0. The molecule has 0 amide bonds. The number of hydrogen-bond donors (Lipinski definition) is 0. The third-order valence-corrected chi connectivity index (χ3v) is 10.4. The van der Waals surface area contributed by atoms with E-state index in [9.17, 15) is 0 Å². The molecule has 3 heteroatoms. The molecule has 1 aliphatic rings. The largest absolute Gasteiger partial charge is 0.455 e. The van der Waals surface area contributed by atoms with Crippen LogP contribution in [0.15, 0.2) is 178 Å². The first-order valence-corrected chi connectivity index (χ1v) is 17.3. The van der Waals surface area contributed by atoms with Crippen LogP contribution >= 0.6 is 0 Å². The number of amidine groups is 1. The summed E-state index contributed by atoms with van der Waals surface area (Å²) in [5, 5.41) is 9.38. The number of furan rings is 1. The molecule has 2 heterocycles. The lowest BCUT2D eigenvalue weighted by Crippen LogP contribution is -2.26. The van der Waals surface area contributed by atoms with Crippen molar-refractivity contribution in [3.63, 3.8) is 0 Å². The molecule has 1 aliphatic heterocycles. The molecule has 50 heavy (non-hydrogen) atoms. The predicted molar refractivity (Wildman–Crippen MR) is 210 cm³/mol. The zero-order valence-corrected chi connectivity index (χ0v) is 27.5. The van der Waals surface area contributed by atoms with E-state index in [2.05, 4.69) is 171 Å². The van der Waals surface area contributed by atoms with Crippen LogP contribution in [-0.4, -0.2) is 11.5 Å². The van der Waals surface area contributed by atoms with Gasteiger partial charge in [-0.25, -0.2) is 4.99 Å². The van der Waals surface area contributed by atoms with E-state index in [0.717, 1.165) is 50.0 Å². The second kappa shape index (κ2) is 11.4. The summed E-state index contributed by atoms with van der Waals surface area (Å²) in [7, 11) is 0. The van der Waals surface area contributed by atoms with Crippen LogP contribution in [0.4, 0.5) is 0 Å². The lowest BCUT2D eigenvalue weighted by Gasteiger charge is -2.28. The lowest BCUT2D eigenvalue weighted by atomic mass is 9.85. The average Bonchev–Trinajstić information content (AvgIpc) is 3.56. The smallest absolute Gasteiger partial charge is 0.155 e. The third-order valence-electron chi connectivity index (χ3n) is 10.4. The van der Waals surface area contributed by atoms with E-state index in [4.69, 9.17) is 14.4 Å². The third kappa shape index (κ3) is 4.66. The van der Waals surface area contributed by atoms with Crippen molar-refractivity contribution < 1.29 is 4.42 Å². The van der Waals surface area contributed by atoms with Crippen LogP contribution in [0.5, 0.6) is 0 Å². The molecule has 0 N–H and O–H groups in total. The Morgan fingerprint density at radius 3 is 1.86 bits per heavy atom. The van der Waals surface area contributed by atoms with Gasteiger partial charge in [0.2, 0.25) is 0 Å². The first-order chi connectivity index (χ1) is 24.7. The molecule has 0 aliphatic carbocycles. The molecule has 1 aromatic heterocycles. The minimum absolute atomic E-state index is 0.0648. The zero-order chi connectivity index (χ0) is 33.2. The van der Waals surface area contributed by atoms with Gasteiger partial charge in [-0.05, 0) is 79.5 Å². The van der Waals surface area contributed by atoms with Crippen molar-refractivity contribution in [2.24, 2.45) is 15.9 Å². The predicted octanol–water partition coefficient (Wildman–Crippen LogP) is 12.3. The van der Waals surface area contributed by atoms with E-state index in [1.165, 1.54) is 43.6 Å². The highest BCUT2D eigenvalue weighted by Gasteiger charge is 2.30. The number of hydrogen-bond acceptors (Lipinski definition) is 3. The van der Waals surface area contributed by atoms with Gasteiger partial charge < -0.3 is 4.42 Å². The minimum Gasteiger partial charge on any atom is -0.455 e. The van der Waals surface area contributed by atoms with E-state index in [1.54, 1.807) is 0 Å². The first-order valence-electron chi connectivity index (χ1n) is 17.3. The van der Waals surface area contributed by atoms with Gasteiger partial charge in [0.25, 0.3) is 0 Å². The average molecular weight is 641 g/mol. The highest BCUT2D eigenvalue weighted by molar-refractivity contribution is 6.21. The maximum absolute atomic E-state index is 6.75. The minimum atomic E-state index is -0.0648. The Morgan fingerprint density at radius 2 is 1.10 bits per heavy atom. The molecule has 10 rings (SSSR count). The van der Waals surface area contributed by atoms with Crippen LogP contribution in [0.3, 0.4) is 0 Å². The number of rotatable bonds is 4. The monoisotopic (exact) mass is 640 g/mol. The SMILES string of the molecule is CC1C(c2ccc3ccccc3c2)=NC(c2ccc3c(c2)oc2c4ccccc4c(-c4ccc5ccccc5c4)cc32)=NC1c1ccccc1. The normalized spacial score (nSPS) is 16.3. The van der Waals surface area contributed by atoms with Gasteiger partial charge in [-0.15, -0.1) is 0 Å². The van der Waals surface area contributed by atoms with Gasteiger partial charge in [-0.3, -0.25) is 4.99 Å². The van der Waals surface area contributed by atoms with Gasteiger partial charge in [0, 0.05) is 27.6 Å². The van der Waals surface area contributed by atoms with Gasteiger partial charge in [0.05, 0.1) is 11.8 Å². The van der Waals surface area contributed by atoms with Crippen molar-refractivity contribution in [2.75, 3.05) is 0 Å². The summed E-state index contributed by atoms with van der Waals surface area (Å²) in [4.78, 5) is 10.6. The highest BCUT2D eigenvalue weighted by atomic mass is 16.3. The number of nitrogens with zero attached hydrogens (tertiary/aromatic N) is 2. The van der Waals surface area contributed by atoms with Crippen LogP contribution in [0, 0.1) is 5.92 Å². The van der Waals surface area contributed by atoms with Crippen LogP contribution in [-0.2, 0) is 0 Å². The summed E-state index contributed by atoms with van der Waals surface area (Å²) in [5.41, 5.74) is 8.43. The summed E-state index contributed by atoms with van der Waals surface area (Å²) in [6.45, 7) is 2.24. The van der Waals surface area contributed by atoms with Crippen molar-refractivity contribution in [3.8, 4) is 11.1 Å². The van der Waals surface area contributed by atoms with Crippen LogP contribution in [0.25, 0.3) is 65.4 Å². The van der Waals surface area contributed by atoms with Crippen LogP contribution in [0.1, 0.15) is 29.7 Å². The zero-order valence-electron chi connectivity index (χ0n) is 27.5. The summed E-state index contributed by atoms with van der Waals surface area (Å²) in [6, 6.07) is 58.3. The Balaban J connectivity index is 1.14. The van der Waals surface area contributed by atoms with Crippen LogP contribution in [0.2, 0.25) is 0 Å². The summed E-state index contributed by atoms with van der Waals surface area (Å²) < 4.78 is 6.75. The molecule has 0 saturated heterocycles. The van der Waals surface area contributed by atoms with Gasteiger partial charge >= 0.3 is 0 Å². The molecule has 9 aromatic rings. The van der Waals surface area contributed by atoms with Gasteiger partial charge in [0.15, 0.2) is 5.84 Å². The van der Waals surface area contributed by atoms with Crippen molar-refractivity contribution in [2.45, 2.75) is 13.0 Å². The lowest BCUT2D eigenvalue weighted by molar-refractivity contribution is 0.592. The molecule has 0 radical (unpaired) electrons. The number of aliphatic imine (C=N–C) groups is 2. The molecular formula is C47H32N2O. The molecule has 0 saturated carbocycles. The second-order valence-electron chi connectivity index (χ2n) is 13.4. The number of fused-ring (bicyclic) bond motifs is 7. The fourth-order valence-corrected chi connectivity index (χ4v) is 7.80. The van der Waals surface area contributed by atoms with Crippen molar-refractivity contribution in [1.82, 2.24) is 0 Å². The molecule has 0 spiro atoms. The molecular weight excluding hydrogens is 609 g/mol. The Morgan fingerprint density at radius 1 is 0.480 bits per heavy atom. The van der Waals surface area contributed by atoms with E-state index >= 15 is 0 Å². The summed E-state index contributed by atoms with van der Waals surface area (Å²) >= 11 is 0. The molecule has 2 atom stereocenters. The molecule has 0 fully saturated rings. The molecule has 0 bridgehead atoms. The van der Waals surface area contributed by atoms with E-state index in [1.807, 2.05) is 0 Å². The Labute approximate surface area is 289 Å². The topological polar surface area (TPSA) is 37.9 Å². The Hall–Kier alpha value is -6.32. The number of benzene rings is 8. The van der Waals surface area contributed by atoms with E-state index in [0.29, 0.717) is 0 Å². The molecule has 3 nitrogen and oxygen atoms in total. The van der Waals surface area contributed by atoms with E-state index in [-0.39, 0.29) is 12.0 Å². The second-order valence-corrected chi connectivity index (χ2v) is 13.4. The maximum Gasteiger partial charge on any atom is 0.155 e. The van der Waals surface area contributed by atoms with Gasteiger partial charge in [0.1, 0.15) is 11.2 Å². The molecule has 236 valence electrons. The van der Waals surface area contributed by atoms with Gasteiger partial charge in [-0.2, -0.15) is 0 Å². The van der Waals surface area contributed by atoms with E-state index < -0.39 is 0 Å².